The number of thiazole rings is 1. The molecule has 0 bridgehead atoms. The lowest BCUT2D eigenvalue weighted by Crippen LogP contribution is -2.52. The lowest BCUT2D eigenvalue weighted by Gasteiger charge is -2.25. The summed E-state index contributed by atoms with van der Waals surface area (Å²) in [7, 11) is 0. The topological polar surface area (TPSA) is 45.2 Å². The first-order chi connectivity index (χ1) is 9.73. The number of alkyl halides is 5. The van der Waals surface area contributed by atoms with Gasteiger partial charge in [0, 0.05) is 30.7 Å². The van der Waals surface area contributed by atoms with Crippen LogP contribution in [0.1, 0.15) is 12.8 Å². The predicted octanol–water partition coefficient (Wildman–Crippen LogP) is 2.43. The minimum absolute atomic E-state index is 0.274. The van der Waals surface area contributed by atoms with E-state index in [2.05, 4.69) is 4.98 Å². The van der Waals surface area contributed by atoms with Crippen LogP contribution in [0.15, 0.2) is 11.6 Å². The van der Waals surface area contributed by atoms with Crippen molar-refractivity contribution in [3.8, 4) is 0 Å². The molecule has 1 aliphatic rings. The quantitative estimate of drug-likeness (QED) is 0.863. The smallest absolute Gasteiger partial charge is 0.348 e. The second-order valence-electron chi connectivity index (χ2n) is 4.59. The zero-order valence-corrected chi connectivity index (χ0v) is 11.5. The maximum atomic E-state index is 12.8. The highest BCUT2D eigenvalue weighted by molar-refractivity contribution is 7.13. The molecule has 10 heteroatoms. The lowest BCUT2D eigenvalue weighted by atomic mass is 10.2. The molecule has 1 aromatic rings. The molecule has 21 heavy (non-hydrogen) atoms. The number of hydrogen-bond donors (Lipinski definition) is 1. The van der Waals surface area contributed by atoms with Gasteiger partial charge >= 0.3 is 12.1 Å². The Bertz CT molecular complexity index is 491. The zero-order valence-electron chi connectivity index (χ0n) is 10.7. The number of carbonyl (C=O) groups is 1. The highest BCUT2D eigenvalue weighted by Gasteiger charge is 2.63. The van der Waals surface area contributed by atoms with Crippen molar-refractivity contribution >= 4 is 22.4 Å². The first-order valence-electron chi connectivity index (χ1n) is 6.12. The Morgan fingerprint density at radius 1 is 1.43 bits per heavy atom. The summed E-state index contributed by atoms with van der Waals surface area (Å²) in [6.07, 6.45) is -2.96. The minimum atomic E-state index is -5.89. The highest BCUT2D eigenvalue weighted by atomic mass is 32.1. The van der Waals surface area contributed by atoms with Gasteiger partial charge in [0.2, 0.25) is 0 Å². The third-order valence-electron chi connectivity index (χ3n) is 3.18. The van der Waals surface area contributed by atoms with Gasteiger partial charge in [-0.15, -0.1) is 11.3 Å². The zero-order chi connectivity index (χ0) is 15.7. The van der Waals surface area contributed by atoms with Gasteiger partial charge in [-0.05, 0) is 12.8 Å². The number of nitrogens with zero attached hydrogens (tertiary/aromatic N) is 2. The molecule has 1 amide bonds. The van der Waals surface area contributed by atoms with Crippen molar-refractivity contribution < 1.29 is 26.7 Å². The van der Waals surface area contributed by atoms with Crippen molar-refractivity contribution in [2.75, 3.05) is 18.0 Å². The van der Waals surface area contributed by atoms with E-state index < -0.39 is 18.0 Å². The fourth-order valence-corrected chi connectivity index (χ4v) is 2.85. The molecule has 1 N–H and O–H groups in total. The summed E-state index contributed by atoms with van der Waals surface area (Å²) < 4.78 is 61.8. The molecule has 118 valence electrons. The van der Waals surface area contributed by atoms with E-state index in [4.69, 9.17) is 0 Å². The van der Waals surface area contributed by atoms with E-state index in [9.17, 15) is 26.7 Å². The monoisotopic (exact) mass is 329 g/mol. The van der Waals surface area contributed by atoms with Crippen molar-refractivity contribution in [3.63, 3.8) is 0 Å². The molecule has 0 radical (unpaired) electrons. The van der Waals surface area contributed by atoms with Crippen molar-refractivity contribution in [2.24, 2.45) is 0 Å². The summed E-state index contributed by atoms with van der Waals surface area (Å²) in [5.74, 6) is -7.70. The number of amides is 1. The van der Waals surface area contributed by atoms with Gasteiger partial charge in [0.1, 0.15) is 0 Å². The van der Waals surface area contributed by atoms with Crippen LogP contribution in [0.2, 0.25) is 0 Å². The molecule has 0 spiro atoms. The molecule has 0 aliphatic carbocycles. The van der Waals surface area contributed by atoms with Crippen LogP contribution in [0, 0.1) is 0 Å². The Labute approximate surface area is 121 Å². The van der Waals surface area contributed by atoms with E-state index in [1.807, 2.05) is 0 Å². The largest absolute Gasteiger partial charge is 0.463 e. The van der Waals surface area contributed by atoms with Crippen LogP contribution in [0.3, 0.4) is 0 Å². The molecule has 1 fully saturated rings. The van der Waals surface area contributed by atoms with Gasteiger partial charge in [-0.2, -0.15) is 22.0 Å². The van der Waals surface area contributed by atoms with E-state index in [1.54, 1.807) is 21.8 Å². The molecular weight excluding hydrogens is 317 g/mol. The second kappa shape index (κ2) is 5.74. The van der Waals surface area contributed by atoms with Crippen molar-refractivity contribution in [2.45, 2.75) is 31.0 Å². The van der Waals surface area contributed by atoms with Gasteiger partial charge in [0.05, 0.1) is 0 Å². The fraction of sp³-hybridized carbons (Fsp3) is 0.636. The van der Waals surface area contributed by atoms with Crippen LogP contribution < -0.4 is 10.2 Å². The first-order valence-corrected chi connectivity index (χ1v) is 7.00. The van der Waals surface area contributed by atoms with Gasteiger partial charge in [-0.1, -0.05) is 0 Å². The average Bonchev–Trinajstić information content (AvgIpc) is 3.04. The van der Waals surface area contributed by atoms with E-state index in [0.29, 0.717) is 18.1 Å². The number of anilines is 1. The summed E-state index contributed by atoms with van der Waals surface area (Å²) in [6.45, 7) is 0.355. The van der Waals surface area contributed by atoms with Gasteiger partial charge in [0.15, 0.2) is 5.13 Å². The molecule has 1 atom stereocenters. The molecule has 0 aromatic carbocycles. The van der Waals surface area contributed by atoms with Gasteiger partial charge in [-0.3, -0.25) is 4.79 Å². The number of halogens is 5. The lowest BCUT2D eigenvalue weighted by molar-refractivity contribution is -0.269. The van der Waals surface area contributed by atoms with E-state index in [1.165, 1.54) is 11.3 Å². The summed E-state index contributed by atoms with van der Waals surface area (Å²) in [5, 5.41) is 4.09. The summed E-state index contributed by atoms with van der Waals surface area (Å²) >= 11 is 1.34. The van der Waals surface area contributed by atoms with Crippen LogP contribution in [0.4, 0.5) is 27.1 Å². The van der Waals surface area contributed by atoms with Crippen molar-refractivity contribution in [1.29, 1.82) is 0 Å². The van der Waals surface area contributed by atoms with Gasteiger partial charge < -0.3 is 10.2 Å². The molecule has 2 heterocycles. The van der Waals surface area contributed by atoms with E-state index in [0.717, 1.165) is 6.42 Å². The van der Waals surface area contributed by atoms with Crippen molar-refractivity contribution in [3.05, 3.63) is 11.6 Å². The maximum absolute atomic E-state index is 12.8. The predicted molar refractivity (Wildman–Crippen MR) is 66.5 cm³/mol. The van der Waals surface area contributed by atoms with Crippen LogP contribution >= 0.6 is 11.3 Å². The number of nitrogens with one attached hydrogen (secondary N) is 1. The minimum Gasteiger partial charge on any atom is -0.348 e. The molecule has 2 rings (SSSR count). The van der Waals surface area contributed by atoms with Crippen LogP contribution in [0.25, 0.3) is 0 Å². The third-order valence-corrected chi connectivity index (χ3v) is 3.99. The Hall–Kier alpha value is -1.45. The van der Waals surface area contributed by atoms with Gasteiger partial charge in [0.25, 0.3) is 5.91 Å². The Morgan fingerprint density at radius 2 is 2.14 bits per heavy atom. The molecule has 1 saturated heterocycles. The third kappa shape index (κ3) is 3.25. The van der Waals surface area contributed by atoms with E-state index in [-0.39, 0.29) is 12.6 Å². The normalized spacial score (nSPS) is 19.9. The molecule has 1 aromatic heterocycles. The summed E-state index contributed by atoms with van der Waals surface area (Å²) in [5.41, 5.74) is 0. The maximum Gasteiger partial charge on any atom is 0.463 e. The number of aromatic nitrogens is 1. The average molecular weight is 329 g/mol. The van der Waals surface area contributed by atoms with Gasteiger partial charge in [-0.25, -0.2) is 4.98 Å². The number of hydrogen-bond acceptors (Lipinski definition) is 4. The van der Waals surface area contributed by atoms with Crippen molar-refractivity contribution in [1.82, 2.24) is 10.3 Å². The molecule has 4 nitrogen and oxygen atoms in total. The molecule has 1 unspecified atom stereocenters. The Morgan fingerprint density at radius 3 is 2.71 bits per heavy atom. The highest BCUT2D eigenvalue weighted by Crippen LogP contribution is 2.35. The van der Waals surface area contributed by atoms with Crippen LogP contribution in [-0.4, -0.2) is 42.1 Å². The summed E-state index contributed by atoms with van der Waals surface area (Å²) in [4.78, 5) is 16.9. The molecular formula is C11H12F5N3OS. The Balaban J connectivity index is 1.95. The van der Waals surface area contributed by atoms with E-state index >= 15 is 0 Å². The first kappa shape index (κ1) is 15.9. The van der Waals surface area contributed by atoms with Crippen LogP contribution in [-0.2, 0) is 4.79 Å². The molecule has 0 saturated carbocycles. The number of carbonyl (C=O) groups excluding carboxylic acids is 1. The second-order valence-corrected chi connectivity index (χ2v) is 5.46. The molecule has 1 aliphatic heterocycles. The van der Waals surface area contributed by atoms with Crippen LogP contribution in [0.5, 0.6) is 0 Å². The SMILES string of the molecule is O=C(NCC1CCCN1c1nccs1)C(F)(F)C(F)(F)F. The fourth-order valence-electron chi connectivity index (χ4n) is 2.11. The standard InChI is InChI=1S/C11H12F5N3OS/c12-10(13,11(14,15)16)8(20)18-6-7-2-1-4-19(7)9-17-3-5-21-9/h3,5,7H,1-2,4,6H2,(H,18,20). The summed E-state index contributed by atoms with van der Waals surface area (Å²) in [6, 6.07) is -0.330. The number of rotatable bonds is 4. The Kier molecular flexibility index (Phi) is 4.35.